The van der Waals surface area contributed by atoms with E-state index in [0.29, 0.717) is 18.4 Å². The molecule has 1 fully saturated rings. The topological polar surface area (TPSA) is 78.5 Å². The van der Waals surface area contributed by atoms with Crippen molar-refractivity contribution in [2.24, 2.45) is 0 Å². The molecule has 3 rings (SSSR count). The van der Waals surface area contributed by atoms with E-state index in [2.05, 4.69) is 10.7 Å². The molecule has 6 heteroatoms. The molecule has 2 aromatic rings. The van der Waals surface area contributed by atoms with Gasteiger partial charge in [-0.25, -0.2) is 4.79 Å². The Labute approximate surface area is 152 Å². The number of nitrogens with zero attached hydrogens (tertiary/aromatic N) is 1. The van der Waals surface area contributed by atoms with Gasteiger partial charge in [0.25, 0.3) is 11.8 Å². The number of aryl methyl sites for hydroxylation is 2. The Bertz CT molecular complexity index is 833. The number of carbonyl (C=O) groups is 3. The van der Waals surface area contributed by atoms with Crippen molar-refractivity contribution in [3.05, 3.63) is 71.3 Å². The first-order valence-electron chi connectivity index (χ1n) is 8.47. The number of amides is 4. The van der Waals surface area contributed by atoms with Crippen molar-refractivity contribution in [2.45, 2.75) is 32.2 Å². The van der Waals surface area contributed by atoms with Crippen LogP contribution in [-0.2, 0) is 11.2 Å². The third kappa shape index (κ3) is 3.59. The van der Waals surface area contributed by atoms with Gasteiger partial charge in [-0.05, 0) is 44.4 Å². The smallest absolute Gasteiger partial charge is 0.322 e. The molecule has 0 spiro atoms. The van der Waals surface area contributed by atoms with Crippen molar-refractivity contribution in [3.8, 4) is 0 Å². The van der Waals surface area contributed by atoms with E-state index in [4.69, 9.17) is 0 Å². The number of hydrogen-bond acceptors (Lipinski definition) is 3. The lowest BCUT2D eigenvalue weighted by Crippen LogP contribution is -2.48. The van der Waals surface area contributed by atoms with E-state index in [1.807, 2.05) is 37.3 Å². The molecule has 6 nitrogen and oxygen atoms in total. The molecular weight excluding hydrogens is 330 g/mol. The number of imide groups is 1. The molecular formula is C20H21N3O3. The molecule has 0 saturated carbocycles. The third-order valence-corrected chi connectivity index (χ3v) is 4.54. The van der Waals surface area contributed by atoms with Crippen molar-refractivity contribution in [3.63, 3.8) is 0 Å². The number of urea groups is 1. The van der Waals surface area contributed by atoms with Gasteiger partial charge in [0.15, 0.2) is 0 Å². The molecule has 1 saturated heterocycles. The SMILES string of the molecule is Cc1ccc(C(=O)NN2C(=O)N[C@](C)(CCc3ccccc3)C2=O)cc1. The highest BCUT2D eigenvalue weighted by Crippen LogP contribution is 2.22. The van der Waals surface area contributed by atoms with Crippen molar-refractivity contribution in [2.75, 3.05) is 0 Å². The maximum atomic E-state index is 12.7. The van der Waals surface area contributed by atoms with Crippen molar-refractivity contribution < 1.29 is 14.4 Å². The summed E-state index contributed by atoms with van der Waals surface area (Å²) in [5, 5.41) is 3.46. The van der Waals surface area contributed by atoms with E-state index in [0.717, 1.165) is 16.1 Å². The van der Waals surface area contributed by atoms with E-state index in [1.165, 1.54) is 0 Å². The van der Waals surface area contributed by atoms with Gasteiger partial charge >= 0.3 is 6.03 Å². The second-order valence-corrected chi connectivity index (χ2v) is 6.70. The molecule has 2 aromatic carbocycles. The van der Waals surface area contributed by atoms with Gasteiger partial charge in [-0.1, -0.05) is 48.0 Å². The first-order chi connectivity index (χ1) is 12.4. The molecule has 1 heterocycles. The second kappa shape index (κ2) is 7.00. The minimum atomic E-state index is -1.05. The van der Waals surface area contributed by atoms with Gasteiger partial charge in [0, 0.05) is 5.56 Å². The second-order valence-electron chi connectivity index (χ2n) is 6.70. The van der Waals surface area contributed by atoms with E-state index in [-0.39, 0.29) is 0 Å². The fourth-order valence-corrected chi connectivity index (χ4v) is 2.87. The highest BCUT2D eigenvalue weighted by atomic mass is 16.2. The molecule has 0 unspecified atom stereocenters. The summed E-state index contributed by atoms with van der Waals surface area (Å²) >= 11 is 0. The zero-order valence-corrected chi connectivity index (χ0v) is 14.8. The van der Waals surface area contributed by atoms with Crippen LogP contribution in [0.5, 0.6) is 0 Å². The van der Waals surface area contributed by atoms with Crippen LogP contribution in [0.2, 0.25) is 0 Å². The zero-order chi connectivity index (χ0) is 18.7. The van der Waals surface area contributed by atoms with Crippen molar-refractivity contribution in [1.82, 2.24) is 15.8 Å². The minimum Gasteiger partial charge on any atom is -0.322 e. The molecule has 0 aromatic heterocycles. The first kappa shape index (κ1) is 17.7. The summed E-state index contributed by atoms with van der Waals surface area (Å²) in [6.45, 7) is 3.59. The van der Waals surface area contributed by atoms with Crippen molar-refractivity contribution in [1.29, 1.82) is 0 Å². The Kier molecular flexibility index (Phi) is 4.75. The van der Waals surface area contributed by atoms with Gasteiger partial charge in [-0.2, -0.15) is 5.01 Å². The lowest BCUT2D eigenvalue weighted by molar-refractivity contribution is -0.132. The van der Waals surface area contributed by atoms with Gasteiger partial charge in [0.2, 0.25) is 0 Å². The third-order valence-electron chi connectivity index (χ3n) is 4.54. The van der Waals surface area contributed by atoms with Crippen LogP contribution < -0.4 is 10.7 Å². The summed E-state index contributed by atoms with van der Waals surface area (Å²) in [6, 6.07) is 16.0. The Hall–Kier alpha value is -3.15. The van der Waals surface area contributed by atoms with Crippen LogP contribution in [0.15, 0.2) is 54.6 Å². The van der Waals surface area contributed by atoms with Crippen LogP contribution in [0.25, 0.3) is 0 Å². The lowest BCUT2D eigenvalue weighted by atomic mass is 9.93. The summed E-state index contributed by atoms with van der Waals surface area (Å²) in [5.41, 5.74) is 3.84. The number of benzene rings is 2. The van der Waals surface area contributed by atoms with Gasteiger partial charge < -0.3 is 5.32 Å². The molecule has 1 aliphatic rings. The summed E-state index contributed by atoms with van der Waals surface area (Å²) in [7, 11) is 0. The molecule has 0 radical (unpaired) electrons. The lowest BCUT2D eigenvalue weighted by Gasteiger charge is -2.21. The average molecular weight is 351 g/mol. The fraction of sp³-hybridized carbons (Fsp3) is 0.250. The number of hydrogen-bond donors (Lipinski definition) is 2. The quantitative estimate of drug-likeness (QED) is 0.813. The van der Waals surface area contributed by atoms with Crippen LogP contribution in [-0.4, -0.2) is 28.4 Å². The molecule has 26 heavy (non-hydrogen) atoms. The predicted molar refractivity (Wildman–Crippen MR) is 97.2 cm³/mol. The molecule has 4 amide bonds. The van der Waals surface area contributed by atoms with Gasteiger partial charge in [-0.3, -0.25) is 15.0 Å². The average Bonchev–Trinajstić information content (AvgIpc) is 2.85. The zero-order valence-electron chi connectivity index (χ0n) is 14.8. The standard InChI is InChI=1S/C20H21N3O3/c1-14-8-10-16(11-9-14)17(24)22-23-18(25)20(2,21-19(23)26)13-12-15-6-4-3-5-7-15/h3-11H,12-13H2,1-2H3,(H,21,26)(H,22,24)/t20-/m1/s1. The highest BCUT2D eigenvalue weighted by Gasteiger charge is 2.48. The summed E-state index contributed by atoms with van der Waals surface area (Å²) in [4.78, 5) is 37.2. The molecule has 134 valence electrons. The number of carbonyl (C=O) groups excluding carboxylic acids is 3. The predicted octanol–water partition coefficient (Wildman–Crippen LogP) is 2.58. The number of hydrazine groups is 1. The van der Waals surface area contributed by atoms with Crippen LogP contribution in [0.4, 0.5) is 4.79 Å². The van der Waals surface area contributed by atoms with Gasteiger partial charge in [0.05, 0.1) is 0 Å². The summed E-state index contributed by atoms with van der Waals surface area (Å²) in [6.07, 6.45) is 1.08. The maximum Gasteiger partial charge on any atom is 0.344 e. The first-order valence-corrected chi connectivity index (χ1v) is 8.47. The van der Waals surface area contributed by atoms with E-state index in [9.17, 15) is 14.4 Å². The Morgan fingerprint density at radius 1 is 1.08 bits per heavy atom. The van der Waals surface area contributed by atoms with Crippen LogP contribution >= 0.6 is 0 Å². The van der Waals surface area contributed by atoms with Gasteiger partial charge in [0.1, 0.15) is 5.54 Å². The summed E-state index contributed by atoms with van der Waals surface area (Å²) < 4.78 is 0. The Morgan fingerprint density at radius 2 is 1.73 bits per heavy atom. The van der Waals surface area contributed by atoms with Crippen LogP contribution in [0, 0.1) is 6.92 Å². The number of rotatable bonds is 5. The van der Waals surface area contributed by atoms with Crippen LogP contribution in [0.3, 0.4) is 0 Å². The van der Waals surface area contributed by atoms with E-state index in [1.54, 1.807) is 31.2 Å². The van der Waals surface area contributed by atoms with Crippen LogP contribution in [0.1, 0.15) is 34.8 Å². The number of nitrogens with one attached hydrogen (secondary N) is 2. The van der Waals surface area contributed by atoms with Crippen molar-refractivity contribution >= 4 is 17.8 Å². The fourth-order valence-electron chi connectivity index (χ4n) is 2.87. The molecule has 1 aliphatic heterocycles. The molecule has 1 atom stereocenters. The maximum absolute atomic E-state index is 12.7. The highest BCUT2D eigenvalue weighted by molar-refractivity contribution is 6.09. The summed E-state index contributed by atoms with van der Waals surface area (Å²) in [5.74, 6) is -0.959. The normalized spacial score (nSPS) is 19.4. The minimum absolute atomic E-state index is 0.383. The molecule has 0 bridgehead atoms. The molecule has 0 aliphatic carbocycles. The van der Waals surface area contributed by atoms with Gasteiger partial charge in [-0.15, -0.1) is 0 Å². The largest absolute Gasteiger partial charge is 0.344 e. The monoisotopic (exact) mass is 351 g/mol. The van der Waals surface area contributed by atoms with E-state index < -0.39 is 23.4 Å². The molecule has 2 N–H and O–H groups in total. The Morgan fingerprint density at radius 3 is 2.38 bits per heavy atom. The van der Waals surface area contributed by atoms with E-state index >= 15 is 0 Å². The Balaban J connectivity index is 1.67.